The predicted octanol–water partition coefficient (Wildman–Crippen LogP) is 0.917. The van der Waals surface area contributed by atoms with Crippen LogP contribution < -0.4 is 4.74 Å². The van der Waals surface area contributed by atoms with E-state index in [9.17, 15) is 31.9 Å². The highest BCUT2D eigenvalue weighted by molar-refractivity contribution is 6.38. The minimum Gasteiger partial charge on any atom is -0.499 e. The number of hydrogen-bond acceptors (Lipinski definition) is 5. The lowest BCUT2D eigenvalue weighted by molar-refractivity contribution is -0.179. The zero-order valence-corrected chi connectivity index (χ0v) is 16.4. The number of carbonyl (C=O) groups excluding carboxylic acids is 1. The average Bonchev–Trinajstić information content (AvgIpc) is 3.08. The van der Waals surface area contributed by atoms with E-state index in [4.69, 9.17) is 4.74 Å². The summed E-state index contributed by atoms with van der Waals surface area (Å²) in [7, 11) is 2.77. The van der Waals surface area contributed by atoms with Crippen LogP contribution in [0.4, 0.5) is 22.0 Å². The summed E-state index contributed by atoms with van der Waals surface area (Å²) in [6, 6.07) is 6.00. The van der Waals surface area contributed by atoms with Crippen LogP contribution in [0, 0.1) is 0 Å². The van der Waals surface area contributed by atoms with E-state index in [2.05, 4.69) is 9.84 Å². The van der Waals surface area contributed by atoms with Gasteiger partial charge in [0.25, 0.3) is 0 Å². The number of esters is 1. The van der Waals surface area contributed by atoms with Crippen molar-refractivity contribution in [1.82, 2.24) is 9.78 Å². The van der Waals surface area contributed by atoms with Crippen molar-refractivity contribution in [3.63, 3.8) is 0 Å². The SMILES string of the molecule is BC(B)(Oc1ccccc1C(F)(F)C(O)C(=O)OCC)c1ccnn1CC(F)(F)F. The third kappa shape index (κ3) is 5.32. The van der Waals surface area contributed by atoms with E-state index < -0.39 is 47.4 Å². The quantitative estimate of drug-likeness (QED) is 0.382. The first-order valence-electron chi connectivity index (χ1n) is 8.89. The standard InChI is InChI=1S/C17H19B2F5N2O4/c1-2-29-14(28)13(27)16(23,24)10-5-3-4-6-11(10)30-17(18,19)12-7-8-25-26(12)9-15(20,21)22/h3-8,13,27H,2,9,18-19H2,1H3. The largest absolute Gasteiger partial charge is 0.499 e. The van der Waals surface area contributed by atoms with Crippen molar-refractivity contribution >= 4 is 21.7 Å². The van der Waals surface area contributed by atoms with E-state index in [-0.39, 0.29) is 12.3 Å². The maximum atomic E-state index is 14.8. The molecule has 1 atom stereocenters. The van der Waals surface area contributed by atoms with Gasteiger partial charge in [0.2, 0.25) is 6.10 Å². The second-order valence-corrected chi connectivity index (χ2v) is 6.88. The zero-order valence-electron chi connectivity index (χ0n) is 16.4. The van der Waals surface area contributed by atoms with Crippen LogP contribution in [0.3, 0.4) is 0 Å². The maximum absolute atomic E-state index is 14.8. The molecule has 0 saturated heterocycles. The van der Waals surface area contributed by atoms with E-state index in [0.29, 0.717) is 4.68 Å². The fourth-order valence-corrected chi connectivity index (χ4v) is 2.81. The van der Waals surface area contributed by atoms with E-state index in [0.717, 1.165) is 18.3 Å². The Morgan fingerprint density at radius 1 is 1.20 bits per heavy atom. The number of aliphatic hydroxyl groups is 1. The number of benzene rings is 1. The molecule has 1 aromatic carbocycles. The first kappa shape index (κ1) is 23.7. The molecule has 6 nitrogen and oxygen atoms in total. The second-order valence-electron chi connectivity index (χ2n) is 6.88. The summed E-state index contributed by atoms with van der Waals surface area (Å²) in [5.74, 6) is -6.01. The summed E-state index contributed by atoms with van der Waals surface area (Å²) >= 11 is 0. The van der Waals surface area contributed by atoms with Crippen molar-refractivity contribution < 1.29 is 41.3 Å². The van der Waals surface area contributed by atoms with Crippen molar-refractivity contribution in [3.8, 4) is 5.75 Å². The molecular weight excluding hydrogens is 413 g/mol. The number of rotatable bonds is 8. The number of carbonyl (C=O) groups is 1. The predicted molar refractivity (Wildman–Crippen MR) is 101 cm³/mol. The Hall–Kier alpha value is -2.56. The first-order chi connectivity index (χ1) is 13.8. The number of hydrogen-bond donors (Lipinski definition) is 1. The third-order valence-corrected chi connectivity index (χ3v) is 4.13. The molecule has 0 spiro atoms. The van der Waals surface area contributed by atoms with Gasteiger partial charge in [-0.3, -0.25) is 4.68 Å². The number of ether oxygens (including phenoxy) is 2. The van der Waals surface area contributed by atoms with Crippen molar-refractivity contribution in [2.24, 2.45) is 0 Å². The molecule has 1 heterocycles. The fourth-order valence-electron chi connectivity index (χ4n) is 2.81. The van der Waals surface area contributed by atoms with Crippen LogP contribution in [0.2, 0.25) is 0 Å². The summed E-state index contributed by atoms with van der Waals surface area (Å²) in [6.07, 6.45) is -6.20. The Balaban J connectivity index is 2.39. The van der Waals surface area contributed by atoms with E-state index in [1.54, 1.807) is 0 Å². The molecule has 2 rings (SSSR count). The Bertz CT molecular complexity index is 889. The number of para-hydroxylation sites is 1. The van der Waals surface area contributed by atoms with Gasteiger partial charge in [0.1, 0.15) is 12.3 Å². The summed E-state index contributed by atoms with van der Waals surface area (Å²) < 4.78 is 78.7. The van der Waals surface area contributed by atoms with Gasteiger partial charge in [-0.1, -0.05) is 12.1 Å². The normalized spacial score (nSPS) is 13.7. The zero-order chi connectivity index (χ0) is 22.7. The number of halogens is 5. The molecule has 0 saturated carbocycles. The monoisotopic (exact) mass is 432 g/mol. The molecule has 162 valence electrons. The smallest absolute Gasteiger partial charge is 0.408 e. The summed E-state index contributed by atoms with van der Waals surface area (Å²) in [5.41, 5.74) is -0.829. The number of aromatic nitrogens is 2. The first-order valence-corrected chi connectivity index (χ1v) is 8.89. The Kier molecular flexibility index (Phi) is 6.85. The molecule has 0 fully saturated rings. The fraction of sp³-hybridized carbons (Fsp3) is 0.412. The number of aliphatic hydroxyl groups excluding tert-OH is 1. The topological polar surface area (TPSA) is 73.6 Å². The molecule has 0 bridgehead atoms. The van der Waals surface area contributed by atoms with Crippen LogP contribution >= 0.6 is 0 Å². The molecule has 0 amide bonds. The highest BCUT2D eigenvalue weighted by Gasteiger charge is 2.48. The van der Waals surface area contributed by atoms with Gasteiger partial charge in [0.15, 0.2) is 15.7 Å². The highest BCUT2D eigenvalue weighted by atomic mass is 19.4. The van der Waals surface area contributed by atoms with Gasteiger partial charge in [-0.25, -0.2) is 4.79 Å². The average molecular weight is 432 g/mol. The minimum atomic E-state index is -4.55. The van der Waals surface area contributed by atoms with Crippen LogP contribution in [-0.2, 0) is 27.4 Å². The summed E-state index contributed by atoms with van der Waals surface area (Å²) in [6.45, 7) is -0.200. The molecule has 1 N–H and O–H groups in total. The number of nitrogens with zero attached hydrogens (tertiary/aromatic N) is 2. The van der Waals surface area contributed by atoms with Gasteiger partial charge < -0.3 is 14.6 Å². The molecule has 0 aliphatic carbocycles. The van der Waals surface area contributed by atoms with Gasteiger partial charge in [0.05, 0.1) is 23.3 Å². The lowest BCUT2D eigenvalue weighted by Crippen LogP contribution is -2.41. The summed E-state index contributed by atoms with van der Waals surface area (Å²) in [5, 5.41) is 11.9. The van der Waals surface area contributed by atoms with E-state index in [1.807, 2.05) is 0 Å². The molecule has 1 unspecified atom stereocenters. The van der Waals surface area contributed by atoms with Crippen molar-refractivity contribution in [3.05, 3.63) is 47.8 Å². The van der Waals surface area contributed by atoms with Gasteiger partial charge >= 0.3 is 18.1 Å². The van der Waals surface area contributed by atoms with Crippen LogP contribution in [0.15, 0.2) is 36.5 Å². The highest BCUT2D eigenvalue weighted by Crippen LogP contribution is 2.40. The molecule has 13 heteroatoms. The molecule has 30 heavy (non-hydrogen) atoms. The van der Waals surface area contributed by atoms with E-state index in [1.165, 1.54) is 40.8 Å². The lowest BCUT2D eigenvalue weighted by Gasteiger charge is -2.31. The van der Waals surface area contributed by atoms with Crippen LogP contribution in [0.5, 0.6) is 5.75 Å². The van der Waals surface area contributed by atoms with E-state index >= 15 is 0 Å². The Morgan fingerprint density at radius 3 is 2.43 bits per heavy atom. The van der Waals surface area contributed by atoms with Gasteiger partial charge in [0, 0.05) is 6.20 Å². The summed E-state index contributed by atoms with van der Waals surface area (Å²) in [4.78, 5) is 11.6. The molecule has 0 radical (unpaired) electrons. The van der Waals surface area contributed by atoms with Crippen molar-refractivity contribution in [2.75, 3.05) is 6.61 Å². The van der Waals surface area contributed by atoms with Gasteiger partial charge in [-0.15, -0.1) is 0 Å². The van der Waals surface area contributed by atoms with Crippen molar-refractivity contribution in [1.29, 1.82) is 0 Å². The Labute approximate surface area is 170 Å². The number of alkyl halides is 5. The van der Waals surface area contributed by atoms with Crippen molar-refractivity contribution in [2.45, 2.75) is 37.1 Å². The minimum absolute atomic E-state index is 0.0103. The molecule has 2 aromatic rings. The van der Waals surface area contributed by atoms with Crippen LogP contribution in [0.1, 0.15) is 18.2 Å². The molecular formula is C17H19B2F5N2O4. The third-order valence-electron chi connectivity index (χ3n) is 4.13. The second kappa shape index (κ2) is 8.66. The van der Waals surface area contributed by atoms with Crippen LogP contribution in [0.25, 0.3) is 0 Å². The molecule has 0 aliphatic heterocycles. The van der Waals surface area contributed by atoms with Gasteiger partial charge in [-0.2, -0.15) is 27.1 Å². The maximum Gasteiger partial charge on any atom is 0.408 e. The Morgan fingerprint density at radius 2 is 1.83 bits per heavy atom. The van der Waals surface area contributed by atoms with Gasteiger partial charge in [-0.05, 0) is 25.1 Å². The lowest BCUT2D eigenvalue weighted by atomic mass is 9.63. The molecule has 0 aliphatic rings. The van der Waals surface area contributed by atoms with Crippen LogP contribution in [-0.4, -0.2) is 55.4 Å². The molecule has 1 aromatic heterocycles.